The second kappa shape index (κ2) is 7.87. The maximum Gasteiger partial charge on any atom is 0.234 e. The van der Waals surface area contributed by atoms with Gasteiger partial charge in [-0.2, -0.15) is 0 Å². The van der Waals surface area contributed by atoms with E-state index in [0.29, 0.717) is 22.0 Å². The largest absolute Gasteiger partial charge is 0.495 e. The first-order valence-corrected chi connectivity index (χ1v) is 7.82. The van der Waals surface area contributed by atoms with Crippen molar-refractivity contribution in [3.8, 4) is 5.75 Å². The first-order valence-electron chi connectivity index (χ1n) is 6.45. The molecule has 0 aliphatic rings. The van der Waals surface area contributed by atoms with Crippen LogP contribution in [0.1, 0.15) is 10.4 Å². The van der Waals surface area contributed by atoms with E-state index < -0.39 is 0 Å². The fourth-order valence-electron chi connectivity index (χ4n) is 1.73. The van der Waals surface area contributed by atoms with Gasteiger partial charge in [0.1, 0.15) is 5.75 Å². The molecule has 0 atom stereocenters. The maximum atomic E-state index is 11.9. The van der Waals surface area contributed by atoms with Gasteiger partial charge in [-0.3, -0.25) is 9.59 Å². The normalized spacial score (nSPS) is 10.1. The number of halogens is 1. The molecule has 0 spiro atoms. The molecule has 0 radical (unpaired) electrons. The van der Waals surface area contributed by atoms with Gasteiger partial charge in [0.15, 0.2) is 0 Å². The average molecular weight is 336 g/mol. The highest BCUT2D eigenvalue weighted by atomic mass is 35.5. The van der Waals surface area contributed by atoms with Crippen molar-refractivity contribution in [1.29, 1.82) is 0 Å². The van der Waals surface area contributed by atoms with E-state index in [2.05, 4.69) is 5.32 Å². The summed E-state index contributed by atoms with van der Waals surface area (Å²) in [6.07, 6.45) is 0. The molecule has 2 aromatic rings. The topological polar surface area (TPSA) is 55.4 Å². The SMILES string of the molecule is COc1ccc(NC(=O)CSC(=O)c2ccccc2)cc1Cl. The number of hydrogen-bond acceptors (Lipinski definition) is 4. The number of carbonyl (C=O) groups is 2. The molecule has 2 aromatic carbocycles. The smallest absolute Gasteiger partial charge is 0.234 e. The third kappa shape index (κ3) is 4.51. The van der Waals surface area contributed by atoms with Crippen LogP contribution in [-0.4, -0.2) is 23.9 Å². The van der Waals surface area contributed by atoms with E-state index in [9.17, 15) is 9.59 Å². The monoisotopic (exact) mass is 335 g/mol. The van der Waals surface area contributed by atoms with Crippen LogP contribution in [0.4, 0.5) is 5.69 Å². The number of ether oxygens (including phenoxy) is 1. The van der Waals surface area contributed by atoms with Crippen molar-refractivity contribution in [3.05, 3.63) is 59.1 Å². The number of carbonyl (C=O) groups excluding carboxylic acids is 2. The number of rotatable bonds is 5. The number of anilines is 1. The van der Waals surface area contributed by atoms with Crippen LogP contribution in [0.25, 0.3) is 0 Å². The summed E-state index contributed by atoms with van der Waals surface area (Å²) in [7, 11) is 1.52. The number of benzene rings is 2. The van der Waals surface area contributed by atoms with Crippen molar-refractivity contribution >= 4 is 40.1 Å². The lowest BCUT2D eigenvalue weighted by Crippen LogP contribution is -2.15. The van der Waals surface area contributed by atoms with Gasteiger partial charge in [0.2, 0.25) is 11.0 Å². The van der Waals surface area contributed by atoms with Crippen LogP contribution < -0.4 is 10.1 Å². The zero-order valence-electron chi connectivity index (χ0n) is 11.8. The minimum absolute atomic E-state index is 0.0391. The second-order valence-electron chi connectivity index (χ2n) is 4.34. The Morgan fingerprint density at radius 1 is 1.18 bits per heavy atom. The lowest BCUT2D eigenvalue weighted by molar-refractivity contribution is -0.113. The first-order chi connectivity index (χ1) is 10.6. The van der Waals surface area contributed by atoms with Gasteiger partial charge in [0.05, 0.1) is 17.9 Å². The van der Waals surface area contributed by atoms with E-state index in [1.54, 1.807) is 42.5 Å². The van der Waals surface area contributed by atoms with Crippen molar-refractivity contribution in [3.63, 3.8) is 0 Å². The van der Waals surface area contributed by atoms with Crippen molar-refractivity contribution < 1.29 is 14.3 Å². The number of methoxy groups -OCH3 is 1. The molecule has 0 aliphatic heterocycles. The van der Waals surface area contributed by atoms with E-state index in [0.717, 1.165) is 11.8 Å². The van der Waals surface area contributed by atoms with Gasteiger partial charge in [-0.25, -0.2) is 0 Å². The molecule has 2 rings (SSSR count). The van der Waals surface area contributed by atoms with Crippen LogP contribution in [0, 0.1) is 0 Å². The van der Waals surface area contributed by atoms with Gasteiger partial charge >= 0.3 is 0 Å². The molecule has 0 saturated carbocycles. The fourth-order valence-corrected chi connectivity index (χ4v) is 2.62. The predicted molar refractivity (Wildman–Crippen MR) is 89.9 cm³/mol. The van der Waals surface area contributed by atoms with E-state index in [1.165, 1.54) is 7.11 Å². The van der Waals surface area contributed by atoms with E-state index in [1.807, 2.05) is 6.07 Å². The van der Waals surface area contributed by atoms with Crippen LogP contribution >= 0.6 is 23.4 Å². The molecule has 0 aliphatic carbocycles. The number of hydrogen-bond donors (Lipinski definition) is 1. The van der Waals surface area contributed by atoms with Gasteiger partial charge in [-0.1, -0.05) is 53.7 Å². The summed E-state index contributed by atoms with van der Waals surface area (Å²) < 4.78 is 5.04. The van der Waals surface area contributed by atoms with Gasteiger partial charge in [0.25, 0.3) is 0 Å². The predicted octanol–water partition coefficient (Wildman–Crippen LogP) is 3.86. The molecule has 0 fully saturated rings. The molecule has 0 aromatic heterocycles. The van der Waals surface area contributed by atoms with Crippen LogP contribution in [0.3, 0.4) is 0 Å². The Kier molecular flexibility index (Phi) is 5.86. The molecule has 0 unspecified atom stereocenters. The maximum absolute atomic E-state index is 11.9. The Morgan fingerprint density at radius 3 is 2.55 bits per heavy atom. The highest BCUT2D eigenvalue weighted by Crippen LogP contribution is 2.27. The van der Waals surface area contributed by atoms with Crippen molar-refractivity contribution in [1.82, 2.24) is 0 Å². The van der Waals surface area contributed by atoms with Gasteiger partial charge in [-0.15, -0.1) is 0 Å². The number of nitrogens with one attached hydrogen (secondary N) is 1. The summed E-state index contributed by atoms with van der Waals surface area (Å²) in [5, 5.41) is 2.96. The summed E-state index contributed by atoms with van der Waals surface area (Å²) in [4.78, 5) is 23.7. The third-order valence-corrected chi connectivity index (χ3v) is 3.98. The Hall–Kier alpha value is -1.98. The molecule has 22 heavy (non-hydrogen) atoms. The van der Waals surface area contributed by atoms with Crippen molar-refractivity contribution in [2.45, 2.75) is 0 Å². The quantitative estimate of drug-likeness (QED) is 0.901. The summed E-state index contributed by atoms with van der Waals surface area (Å²) in [6.45, 7) is 0. The number of amides is 1. The van der Waals surface area contributed by atoms with E-state index >= 15 is 0 Å². The second-order valence-corrected chi connectivity index (χ2v) is 5.70. The molecular weight excluding hydrogens is 322 g/mol. The molecule has 1 amide bonds. The summed E-state index contributed by atoms with van der Waals surface area (Å²) in [6, 6.07) is 13.8. The lowest BCUT2D eigenvalue weighted by Gasteiger charge is -2.07. The third-order valence-electron chi connectivity index (χ3n) is 2.78. The fraction of sp³-hybridized carbons (Fsp3) is 0.125. The minimum atomic E-state index is -0.268. The highest BCUT2D eigenvalue weighted by molar-refractivity contribution is 8.14. The van der Waals surface area contributed by atoms with Crippen LogP contribution in [0.15, 0.2) is 48.5 Å². The highest BCUT2D eigenvalue weighted by Gasteiger charge is 2.10. The van der Waals surface area contributed by atoms with Crippen molar-refractivity contribution in [2.24, 2.45) is 0 Å². The molecule has 0 saturated heterocycles. The Balaban J connectivity index is 1.88. The van der Waals surface area contributed by atoms with Crippen LogP contribution in [0.5, 0.6) is 5.75 Å². The standard InChI is InChI=1S/C16H14ClNO3S/c1-21-14-8-7-12(9-13(14)17)18-15(19)10-22-16(20)11-5-3-2-4-6-11/h2-9H,10H2,1H3,(H,18,19). The molecule has 0 bridgehead atoms. The number of thioether (sulfide) groups is 1. The zero-order chi connectivity index (χ0) is 15.9. The van der Waals surface area contributed by atoms with E-state index in [4.69, 9.17) is 16.3 Å². The van der Waals surface area contributed by atoms with E-state index in [-0.39, 0.29) is 16.8 Å². The Morgan fingerprint density at radius 2 is 1.91 bits per heavy atom. The molecule has 0 heterocycles. The lowest BCUT2D eigenvalue weighted by atomic mass is 10.2. The molecule has 1 N–H and O–H groups in total. The summed E-state index contributed by atoms with van der Waals surface area (Å²) >= 11 is 6.95. The minimum Gasteiger partial charge on any atom is -0.495 e. The summed E-state index contributed by atoms with van der Waals surface area (Å²) in [5.74, 6) is 0.306. The average Bonchev–Trinajstić information content (AvgIpc) is 2.53. The molecule has 6 heteroatoms. The summed E-state index contributed by atoms with van der Waals surface area (Å²) in [5.41, 5.74) is 1.14. The Bertz CT molecular complexity index is 676. The zero-order valence-corrected chi connectivity index (χ0v) is 13.4. The Labute approximate surface area is 137 Å². The van der Waals surface area contributed by atoms with Gasteiger partial charge < -0.3 is 10.1 Å². The van der Waals surface area contributed by atoms with Gasteiger partial charge in [0, 0.05) is 11.3 Å². The first kappa shape index (κ1) is 16.4. The van der Waals surface area contributed by atoms with Crippen LogP contribution in [0.2, 0.25) is 5.02 Å². The van der Waals surface area contributed by atoms with Gasteiger partial charge in [-0.05, 0) is 18.2 Å². The molecule has 4 nitrogen and oxygen atoms in total. The van der Waals surface area contributed by atoms with Crippen LogP contribution in [-0.2, 0) is 4.79 Å². The van der Waals surface area contributed by atoms with Crippen molar-refractivity contribution in [2.75, 3.05) is 18.2 Å². The molecule has 114 valence electrons. The molecular formula is C16H14ClNO3S.